The molecule has 7 heteroatoms. The zero-order valence-corrected chi connectivity index (χ0v) is 31.6. The van der Waals surface area contributed by atoms with Gasteiger partial charge >= 0.3 is 21.1 Å². The van der Waals surface area contributed by atoms with Gasteiger partial charge in [0.05, 0.1) is 22.1 Å². The van der Waals surface area contributed by atoms with Crippen LogP contribution in [0, 0.1) is 12.1 Å². The summed E-state index contributed by atoms with van der Waals surface area (Å²) in [6.45, 7) is 6.67. The minimum absolute atomic E-state index is 0. The first-order valence-corrected chi connectivity index (χ1v) is 17.5. The van der Waals surface area contributed by atoms with E-state index in [9.17, 15) is 0 Å². The third-order valence-corrected chi connectivity index (χ3v) is 9.92. The number of hydrogen-bond donors (Lipinski definition) is 0. The van der Waals surface area contributed by atoms with Gasteiger partial charge in [-0.2, -0.15) is 12.1 Å². The van der Waals surface area contributed by atoms with Gasteiger partial charge in [0.1, 0.15) is 5.82 Å². The van der Waals surface area contributed by atoms with Crippen molar-refractivity contribution in [1.82, 2.24) is 23.5 Å². The summed E-state index contributed by atoms with van der Waals surface area (Å²) in [6, 6.07) is 55.2. The van der Waals surface area contributed by atoms with E-state index in [4.69, 9.17) is 14.7 Å². The molecule has 0 aliphatic rings. The van der Waals surface area contributed by atoms with Crippen molar-refractivity contribution >= 4 is 49.7 Å². The summed E-state index contributed by atoms with van der Waals surface area (Å²) in [7, 11) is 0. The van der Waals surface area contributed by atoms with Gasteiger partial charge in [-0.1, -0.05) is 105 Å². The first-order chi connectivity index (χ1) is 25.4. The van der Waals surface area contributed by atoms with Crippen LogP contribution in [0.5, 0.6) is 11.5 Å². The average Bonchev–Trinajstić information content (AvgIpc) is 3.82. The second-order valence-corrected chi connectivity index (χ2v) is 14.2. The number of nitrogens with zero attached hydrogens (tertiary/aromatic N) is 5. The van der Waals surface area contributed by atoms with Gasteiger partial charge in [-0.3, -0.25) is 4.40 Å². The zero-order valence-electron chi connectivity index (χ0n) is 29.3. The van der Waals surface area contributed by atoms with Crippen LogP contribution in [0.1, 0.15) is 26.3 Å². The number of benzene rings is 6. The number of ether oxygens (including phenoxy) is 1. The third-order valence-electron chi connectivity index (χ3n) is 9.92. The van der Waals surface area contributed by atoms with E-state index < -0.39 is 0 Å². The first kappa shape index (κ1) is 32.9. The number of fused-ring (bicyclic) bond motifs is 8. The molecule has 0 N–H and O–H groups in total. The molecule has 6 aromatic carbocycles. The number of pyridine rings is 1. The van der Waals surface area contributed by atoms with Crippen LogP contribution in [0.4, 0.5) is 0 Å². The minimum atomic E-state index is -0.0170. The van der Waals surface area contributed by atoms with Crippen molar-refractivity contribution in [3.63, 3.8) is 0 Å². The molecule has 0 spiro atoms. The van der Waals surface area contributed by atoms with Gasteiger partial charge in [0, 0.05) is 28.8 Å². The van der Waals surface area contributed by atoms with E-state index in [1.807, 2.05) is 36.5 Å². The van der Waals surface area contributed by atoms with Crippen LogP contribution >= 0.6 is 0 Å². The molecule has 0 saturated heterocycles. The monoisotopic (exact) mass is 866 g/mol. The summed E-state index contributed by atoms with van der Waals surface area (Å²) in [4.78, 5) is 9.97. The standard InChI is InChI=1S/C46H33N5O.Pt/c1-46(2,3)31-25-26-47-43(27-31)50-39-20-9-7-17-36(39)37-24-23-34(29-42(37)50)52-33-16-11-15-32(28-33)49-44-35(30-13-5-4-6-14-30)18-12-22-41(44)51-40-21-10-8-19-38(40)48-45(49)51;/h4-27H,1-3H3;/q-2;+2. The molecule has 0 atom stereocenters. The van der Waals surface area contributed by atoms with Gasteiger partial charge in [-0.05, 0) is 58.3 Å². The number of aromatic nitrogens is 5. The molecule has 10 aromatic rings. The van der Waals surface area contributed by atoms with E-state index in [0.29, 0.717) is 11.5 Å². The fourth-order valence-electron chi connectivity index (χ4n) is 7.45. The van der Waals surface area contributed by atoms with Crippen molar-refractivity contribution in [1.29, 1.82) is 0 Å². The number of rotatable bonds is 5. The molecule has 0 radical (unpaired) electrons. The Bertz CT molecular complexity index is 2980. The molecule has 10 rings (SSSR count). The second kappa shape index (κ2) is 12.6. The molecule has 0 unspecified atom stereocenters. The molecule has 6 nitrogen and oxygen atoms in total. The fraction of sp³-hybridized carbons (Fsp3) is 0.0870. The topological polar surface area (TPSA) is 49.3 Å². The molecule has 258 valence electrons. The van der Waals surface area contributed by atoms with Crippen LogP contribution in [0.15, 0.2) is 146 Å². The predicted octanol–water partition coefficient (Wildman–Crippen LogP) is 11.3. The molecule has 0 bridgehead atoms. The summed E-state index contributed by atoms with van der Waals surface area (Å²) in [5.41, 5.74) is 10.4. The maximum atomic E-state index is 6.60. The van der Waals surface area contributed by atoms with Crippen molar-refractivity contribution < 1.29 is 25.8 Å². The van der Waals surface area contributed by atoms with E-state index >= 15 is 0 Å². The SMILES string of the molecule is CC(C)(C)c1ccnc(-n2c3[c-]c(Oc4[c-]c(-n5c6c(-c7ccccc7)cccc6n6c7ccccc7nc56)ccc4)ccc3c3ccccc32)c1.[Pt+2]. The Morgan fingerprint density at radius 3 is 2.21 bits per heavy atom. The zero-order chi connectivity index (χ0) is 35.0. The normalized spacial score (nSPS) is 11.9. The minimum Gasteiger partial charge on any atom is -0.509 e. The summed E-state index contributed by atoms with van der Waals surface area (Å²) < 4.78 is 13.2. The van der Waals surface area contributed by atoms with Crippen molar-refractivity contribution in [2.45, 2.75) is 26.2 Å². The van der Waals surface area contributed by atoms with E-state index in [2.05, 4.69) is 156 Å². The van der Waals surface area contributed by atoms with Gasteiger partial charge in [0.15, 0.2) is 0 Å². The Balaban J connectivity index is 0.00000372. The van der Waals surface area contributed by atoms with Crippen molar-refractivity contribution in [3.8, 4) is 34.1 Å². The van der Waals surface area contributed by atoms with E-state index in [1.54, 1.807) is 0 Å². The van der Waals surface area contributed by atoms with Gasteiger partial charge in [0.25, 0.3) is 0 Å². The Morgan fingerprint density at radius 2 is 1.36 bits per heavy atom. The van der Waals surface area contributed by atoms with Crippen LogP contribution in [0.2, 0.25) is 0 Å². The Hall–Kier alpha value is -5.97. The smallest absolute Gasteiger partial charge is 0.509 e. The number of imidazole rings is 2. The molecular formula is C46H33N5OPt. The molecule has 4 heterocycles. The third kappa shape index (κ3) is 5.36. The molecule has 0 aliphatic carbocycles. The van der Waals surface area contributed by atoms with Crippen LogP contribution in [0.3, 0.4) is 0 Å². The maximum absolute atomic E-state index is 6.60. The molecule has 4 aromatic heterocycles. The number of hydrogen-bond acceptors (Lipinski definition) is 3. The average molecular weight is 867 g/mol. The Labute approximate surface area is 321 Å². The maximum Gasteiger partial charge on any atom is 2.00 e. The summed E-state index contributed by atoms with van der Waals surface area (Å²) >= 11 is 0. The van der Waals surface area contributed by atoms with E-state index in [1.165, 1.54) is 5.56 Å². The predicted molar refractivity (Wildman–Crippen MR) is 210 cm³/mol. The summed E-state index contributed by atoms with van der Waals surface area (Å²) in [5.74, 6) is 2.84. The summed E-state index contributed by atoms with van der Waals surface area (Å²) in [5, 5.41) is 2.23. The fourth-order valence-corrected chi connectivity index (χ4v) is 7.45. The quantitative estimate of drug-likeness (QED) is 0.162. The van der Waals surface area contributed by atoms with Crippen LogP contribution in [-0.4, -0.2) is 23.5 Å². The second-order valence-electron chi connectivity index (χ2n) is 14.2. The van der Waals surface area contributed by atoms with Gasteiger partial charge < -0.3 is 13.9 Å². The van der Waals surface area contributed by atoms with Crippen molar-refractivity contribution in [2.75, 3.05) is 0 Å². The van der Waals surface area contributed by atoms with Gasteiger partial charge in [-0.15, -0.1) is 35.7 Å². The van der Waals surface area contributed by atoms with Crippen LogP contribution < -0.4 is 4.74 Å². The Morgan fingerprint density at radius 1 is 0.623 bits per heavy atom. The van der Waals surface area contributed by atoms with Crippen molar-refractivity contribution in [2.24, 2.45) is 0 Å². The van der Waals surface area contributed by atoms with Gasteiger partial charge in [0.2, 0.25) is 5.78 Å². The molecule has 0 fully saturated rings. The molecule has 0 saturated carbocycles. The Kier molecular flexibility index (Phi) is 7.83. The number of para-hydroxylation sites is 4. The van der Waals surface area contributed by atoms with E-state index in [0.717, 1.165) is 72.3 Å². The molecule has 0 amide bonds. The largest absolute Gasteiger partial charge is 2.00 e. The van der Waals surface area contributed by atoms with E-state index in [-0.39, 0.29) is 26.5 Å². The molecular weight excluding hydrogens is 834 g/mol. The van der Waals surface area contributed by atoms with Crippen LogP contribution in [-0.2, 0) is 26.5 Å². The van der Waals surface area contributed by atoms with Crippen molar-refractivity contribution in [3.05, 3.63) is 163 Å². The molecule has 53 heavy (non-hydrogen) atoms. The summed E-state index contributed by atoms with van der Waals surface area (Å²) in [6.07, 6.45) is 1.89. The first-order valence-electron chi connectivity index (χ1n) is 17.5. The van der Waals surface area contributed by atoms with Gasteiger partial charge in [-0.25, -0.2) is 9.97 Å². The van der Waals surface area contributed by atoms with Crippen LogP contribution in [0.25, 0.3) is 72.3 Å². The molecule has 0 aliphatic heterocycles.